The summed E-state index contributed by atoms with van der Waals surface area (Å²) >= 11 is 0. The highest BCUT2D eigenvalue weighted by Gasteiger charge is 2.26. The van der Waals surface area contributed by atoms with E-state index in [0.29, 0.717) is 12.3 Å². The third-order valence-corrected chi connectivity index (χ3v) is 3.54. The SMILES string of the molecule is COC(=O)CC1CNCC(C)CN1c1ccccc1. The van der Waals surface area contributed by atoms with Gasteiger partial charge in [0.2, 0.25) is 0 Å². The number of methoxy groups -OCH3 is 1. The first-order valence-electron chi connectivity index (χ1n) is 6.80. The lowest BCUT2D eigenvalue weighted by atomic mass is 10.1. The second kappa shape index (κ2) is 6.57. The van der Waals surface area contributed by atoms with E-state index in [2.05, 4.69) is 29.3 Å². The van der Waals surface area contributed by atoms with Gasteiger partial charge in [-0.15, -0.1) is 0 Å². The van der Waals surface area contributed by atoms with Crippen LogP contribution in [0.5, 0.6) is 0 Å². The lowest BCUT2D eigenvalue weighted by Crippen LogP contribution is -2.42. The summed E-state index contributed by atoms with van der Waals surface area (Å²) in [5, 5.41) is 3.43. The Morgan fingerprint density at radius 2 is 2.11 bits per heavy atom. The normalized spacial score (nSPS) is 23.8. The van der Waals surface area contributed by atoms with E-state index >= 15 is 0 Å². The number of benzene rings is 1. The summed E-state index contributed by atoms with van der Waals surface area (Å²) in [6.07, 6.45) is 0.422. The number of esters is 1. The number of hydrogen-bond donors (Lipinski definition) is 1. The topological polar surface area (TPSA) is 41.6 Å². The van der Waals surface area contributed by atoms with Gasteiger partial charge < -0.3 is 15.0 Å². The number of carbonyl (C=O) groups is 1. The summed E-state index contributed by atoms with van der Waals surface area (Å²) in [6, 6.07) is 10.4. The van der Waals surface area contributed by atoms with Gasteiger partial charge in [-0.1, -0.05) is 25.1 Å². The molecular formula is C15H22N2O2. The summed E-state index contributed by atoms with van der Waals surface area (Å²) in [7, 11) is 1.45. The van der Waals surface area contributed by atoms with Crippen LogP contribution in [0.3, 0.4) is 0 Å². The molecule has 0 bridgehead atoms. The van der Waals surface area contributed by atoms with Crippen LogP contribution in [0.25, 0.3) is 0 Å². The summed E-state index contributed by atoms with van der Waals surface area (Å²) in [5.74, 6) is 0.408. The van der Waals surface area contributed by atoms with E-state index in [1.165, 1.54) is 12.8 Å². The number of hydrogen-bond acceptors (Lipinski definition) is 4. The Kier molecular flexibility index (Phi) is 4.80. The van der Waals surface area contributed by atoms with Crippen molar-refractivity contribution >= 4 is 11.7 Å². The fraction of sp³-hybridized carbons (Fsp3) is 0.533. The Labute approximate surface area is 114 Å². The van der Waals surface area contributed by atoms with E-state index in [1.807, 2.05) is 18.2 Å². The number of anilines is 1. The van der Waals surface area contributed by atoms with Gasteiger partial charge in [0, 0.05) is 18.8 Å². The van der Waals surface area contributed by atoms with Gasteiger partial charge >= 0.3 is 5.97 Å². The number of rotatable bonds is 3. The molecular weight excluding hydrogens is 240 g/mol. The molecule has 1 heterocycles. The molecule has 1 saturated heterocycles. The Balaban J connectivity index is 2.19. The van der Waals surface area contributed by atoms with Crippen LogP contribution in [0.2, 0.25) is 0 Å². The number of nitrogens with zero attached hydrogens (tertiary/aromatic N) is 1. The molecule has 0 radical (unpaired) electrons. The molecule has 19 heavy (non-hydrogen) atoms. The molecule has 1 aliphatic heterocycles. The zero-order valence-electron chi connectivity index (χ0n) is 11.6. The van der Waals surface area contributed by atoms with Crippen molar-refractivity contribution < 1.29 is 9.53 Å². The maximum absolute atomic E-state index is 11.6. The molecule has 4 heteroatoms. The van der Waals surface area contributed by atoms with E-state index < -0.39 is 0 Å². The van der Waals surface area contributed by atoms with Crippen LogP contribution >= 0.6 is 0 Å². The first-order chi connectivity index (χ1) is 9.20. The zero-order chi connectivity index (χ0) is 13.7. The Morgan fingerprint density at radius 1 is 1.37 bits per heavy atom. The summed E-state index contributed by atoms with van der Waals surface area (Å²) in [6.45, 7) is 4.98. The van der Waals surface area contributed by atoms with Crippen LogP contribution < -0.4 is 10.2 Å². The van der Waals surface area contributed by atoms with Gasteiger partial charge in [0.05, 0.1) is 19.6 Å². The monoisotopic (exact) mass is 262 g/mol. The van der Waals surface area contributed by atoms with Crippen LogP contribution in [0.1, 0.15) is 13.3 Å². The van der Waals surface area contributed by atoms with Gasteiger partial charge in [0.15, 0.2) is 0 Å². The molecule has 0 spiro atoms. The van der Waals surface area contributed by atoms with E-state index in [1.54, 1.807) is 0 Å². The van der Waals surface area contributed by atoms with Crippen molar-refractivity contribution in [3.63, 3.8) is 0 Å². The minimum Gasteiger partial charge on any atom is -0.469 e. The van der Waals surface area contributed by atoms with Gasteiger partial charge in [0.25, 0.3) is 0 Å². The molecule has 4 nitrogen and oxygen atoms in total. The van der Waals surface area contributed by atoms with Crippen molar-refractivity contribution in [1.29, 1.82) is 0 Å². The van der Waals surface area contributed by atoms with Crippen LogP contribution in [-0.4, -0.2) is 38.8 Å². The van der Waals surface area contributed by atoms with E-state index in [0.717, 1.165) is 19.6 Å². The first kappa shape index (κ1) is 13.9. The van der Waals surface area contributed by atoms with Gasteiger partial charge in [-0.3, -0.25) is 4.79 Å². The summed E-state index contributed by atoms with van der Waals surface area (Å²) < 4.78 is 4.81. The van der Waals surface area contributed by atoms with Gasteiger partial charge in [0.1, 0.15) is 0 Å². The van der Waals surface area contributed by atoms with E-state index in [-0.39, 0.29) is 12.0 Å². The van der Waals surface area contributed by atoms with Crippen molar-refractivity contribution in [3.8, 4) is 0 Å². The average Bonchev–Trinajstić information content (AvgIpc) is 2.61. The predicted octanol–water partition coefficient (Wildman–Crippen LogP) is 1.66. The molecule has 2 atom stereocenters. The first-order valence-corrected chi connectivity index (χ1v) is 6.80. The molecule has 0 saturated carbocycles. The predicted molar refractivity (Wildman–Crippen MR) is 76.2 cm³/mol. The highest BCUT2D eigenvalue weighted by molar-refractivity contribution is 5.71. The third kappa shape index (κ3) is 3.70. The zero-order valence-corrected chi connectivity index (χ0v) is 11.6. The minimum atomic E-state index is -0.151. The van der Waals surface area contributed by atoms with Crippen molar-refractivity contribution in [2.24, 2.45) is 5.92 Å². The molecule has 2 unspecified atom stereocenters. The molecule has 1 fully saturated rings. The maximum Gasteiger partial charge on any atom is 0.307 e. The largest absolute Gasteiger partial charge is 0.469 e. The number of ether oxygens (including phenoxy) is 1. The van der Waals surface area contributed by atoms with Gasteiger partial charge in [-0.25, -0.2) is 0 Å². The fourth-order valence-electron chi connectivity index (χ4n) is 2.55. The fourth-order valence-corrected chi connectivity index (χ4v) is 2.55. The Bertz CT molecular complexity index is 408. The standard InChI is InChI=1S/C15H22N2O2/c1-12-9-16-10-14(8-15(18)19-2)17(11-12)13-6-4-3-5-7-13/h3-7,12,14,16H,8-11H2,1-2H3. The summed E-state index contributed by atoms with van der Waals surface area (Å²) in [4.78, 5) is 13.9. The lowest BCUT2D eigenvalue weighted by molar-refractivity contribution is -0.141. The summed E-state index contributed by atoms with van der Waals surface area (Å²) in [5.41, 5.74) is 1.17. The lowest BCUT2D eigenvalue weighted by Gasteiger charge is -2.32. The molecule has 1 N–H and O–H groups in total. The van der Waals surface area contributed by atoms with Gasteiger partial charge in [-0.2, -0.15) is 0 Å². The second-order valence-corrected chi connectivity index (χ2v) is 5.19. The maximum atomic E-state index is 11.6. The number of nitrogens with one attached hydrogen (secondary N) is 1. The third-order valence-electron chi connectivity index (χ3n) is 3.54. The number of para-hydroxylation sites is 1. The molecule has 0 aliphatic carbocycles. The highest BCUT2D eigenvalue weighted by atomic mass is 16.5. The van der Waals surface area contributed by atoms with Crippen LogP contribution in [-0.2, 0) is 9.53 Å². The number of carbonyl (C=O) groups excluding carboxylic acids is 1. The van der Waals surface area contributed by atoms with Gasteiger partial charge in [-0.05, 0) is 24.6 Å². The quantitative estimate of drug-likeness (QED) is 0.841. The van der Waals surface area contributed by atoms with Crippen molar-refractivity contribution in [2.75, 3.05) is 31.6 Å². The second-order valence-electron chi connectivity index (χ2n) is 5.19. The van der Waals surface area contributed by atoms with Crippen LogP contribution in [0.4, 0.5) is 5.69 Å². The molecule has 0 aromatic heterocycles. The smallest absolute Gasteiger partial charge is 0.307 e. The van der Waals surface area contributed by atoms with E-state index in [4.69, 9.17) is 4.74 Å². The Morgan fingerprint density at radius 3 is 2.79 bits per heavy atom. The van der Waals surface area contributed by atoms with Crippen LogP contribution in [0, 0.1) is 5.92 Å². The van der Waals surface area contributed by atoms with Crippen molar-refractivity contribution in [2.45, 2.75) is 19.4 Å². The molecule has 1 aromatic rings. The minimum absolute atomic E-state index is 0.151. The van der Waals surface area contributed by atoms with Crippen molar-refractivity contribution in [3.05, 3.63) is 30.3 Å². The average molecular weight is 262 g/mol. The van der Waals surface area contributed by atoms with Crippen LogP contribution in [0.15, 0.2) is 30.3 Å². The Hall–Kier alpha value is -1.55. The van der Waals surface area contributed by atoms with E-state index in [9.17, 15) is 4.79 Å². The molecule has 1 aliphatic rings. The molecule has 0 amide bonds. The highest BCUT2D eigenvalue weighted by Crippen LogP contribution is 2.21. The van der Waals surface area contributed by atoms with Crippen molar-refractivity contribution in [1.82, 2.24) is 5.32 Å². The molecule has 2 rings (SSSR count). The molecule has 104 valence electrons. The molecule has 1 aromatic carbocycles.